The number of nitrogens with one attached hydrogen (secondary N) is 2. The lowest BCUT2D eigenvalue weighted by Crippen LogP contribution is -2.27. The van der Waals surface area contributed by atoms with Gasteiger partial charge in [0.15, 0.2) is 0 Å². The molecule has 0 fully saturated rings. The van der Waals surface area contributed by atoms with Crippen LogP contribution >= 0.6 is 0 Å². The number of amides is 1. The molecule has 1 unspecified atom stereocenters. The summed E-state index contributed by atoms with van der Waals surface area (Å²) in [6.07, 6.45) is 6.08. The molecule has 5 heteroatoms. The van der Waals surface area contributed by atoms with Crippen molar-refractivity contribution in [3.05, 3.63) is 54.3 Å². The molecule has 0 aliphatic heterocycles. The van der Waals surface area contributed by atoms with Gasteiger partial charge in [0.25, 0.3) is 0 Å². The van der Waals surface area contributed by atoms with E-state index in [9.17, 15) is 9.90 Å². The van der Waals surface area contributed by atoms with Crippen LogP contribution < -0.4 is 10.6 Å². The fourth-order valence-corrected chi connectivity index (χ4v) is 2.19. The van der Waals surface area contributed by atoms with Gasteiger partial charge in [-0.25, -0.2) is 0 Å². The van der Waals surface area contributed by atoms with Crippen molar-refractivity contribution in [1.29, 1.82) is 0 Å². The largest absolute Gasteiger partial charge is 0.458 e. The molecule has 1 atom stereocenters. The van der Waals surface area contributed by atoms with Crippen LogP contribution in [0.15, 0.2) is 53.0 Å². The van der Waals surface area contributed by atoms with Crippen LogP contribution in [0.5, 0.6) is 0 Å². The second kappa shape index (κ2) is 8.47. The molecule has 0 spiro atoms. The van der Waals surface area contributed by atoms with Gasteiger partial charge < -0.3 is 20.2 Å². The van der Waals surface area contributed by atoms with Crippen molar-refractivity contribution in [2.24, 2.45) is 0 Å². The van der Waals surface area contributed by atoms with E-state index in [1.54, 1.807) is 30.4 Å². The van der Waals surface area contributed by atoms with Crippen LogP contribution in [0.3, 0.4) is 0 Å². The molecular weight excluding hydrogens is 304 g/mol. The molecule has 0 bridgehead atoms. The molecule has 0 saturated heterocycles. The summed E-state index contributed by atoms with van der Waals surface area (Å²) in [5, 5.41) is 17.0. The Hall–Kier alpha value is -2.37. The average molecular weight is 328 g/mol. The van der Waals surface area contributed by atoms with Crippen LogP contribution in [0, 0.1) is 0 Å². The van der Waals surface area contributed by atoms with Gasteiger partial charge in [-0.1, -0.05) is 32.1 Å². The van der Waals surface area contributed by atoms with E-state index in [2.05, 4.69) is 10.6 Å². The van der Waals surface area contributed by atoms with E-state index >= 15 is 0 Å². The van der Waals surface area contributed by atoms with Crippen molar-refractivity contribution in [2.45, 2.75) is 32.9 Å². The monoisotopic (exact) mass is 328 g/mol. The summed E-state index contributed by atoms with van der Waals surface area (Å²) in [5.41, 5.74) is 1.36. The predicted octanol–water partition coefficient (Wildman–Crippen LogP) is 3.54. The molecule has 1 amide bonds. The Morgan fingerprint density at radius 1 is 1.29 bits per heavy atom. The second-order valence-corrected chi connectivity index (χ2v) is 5.85. The van der Waals surface area contributed by atoms with Gasteiger partial charge in [-0.15, -0.1) is 0 Å². The van der Waals surface area contributed by atoms with Crippen LogP contribution in [-0.4, -0.2) is 23.6 Å². The Bertz CT molecular complexity index is 744. The smallest absolute Gasteiger partial charge is 0.248 e. The lowest BCUT2D eigenvalue weighted by molar-refractivity contribution is -0.111. The van der Waals surface area contributed by atoms with Crippen LogP contribution in [-0.2, 0) is 4.79 Å². The zero-order chi connectivity index (χ0) is 17.5. The van der Waals surface area contributed by atoms with E-state index in [0.717, 1.165) is 5.39 Å². The third-order valence-corrected chi connectivity index (χ3v) is 3.40. The van der Waals surface area contributed by atoms with E-state index in [4.69, 9.17) is 4.42 Å². The topological polar surface area (TPSA) is 74.5 Å². The molecule has 0 saturated carbocycles. The third kappa shape index (κ3) is 5.08. The van der Waals surface area contributed by atoms with Crippen LogP contribution in [0.1, 0.15) is 32.6 Å². The highest BCUT2D eigenvalue weighted by Crippen LogP contribution is 2.26. The minimum atomic E-state index is -0.707. The zero-order valence-electron chi connectivity index (χ0n) is 14.2. The summed E-state index contributed by atoms with van der Waals surface area (Å²) < 4.78 is 5.68. The van der Waals surface area contributed by atoms with Gasteiger partial charge in [-0.3, -0.25) is 4.79 Å². The number of aliphatic hydroxyl groups excluding tert-OH is 1. The number of benzene rings is 1. The number of carbonyl (C=O) groups excluding carboxylic acids is 1. The first-order chi connectivity index (χ1) is 11.5. The summed E-state index contributed by atoms with van der Waals surface area (Å²) >= 11 is 0. The highest BCUT2D eigenvalue weighted by molar-refractivity contribution is 6.00. The first-order valence-corrected chi connectivity index (χ1v) is 8.05. The van der Waals surface area contributed by atoms with Crippen molar-refractivity contribution in [3.63, 3.8) is 0 Å². The first-order valence-electron chi connectivity index (χ1n) is 8.05. The Balaban J connectivity index is 2.09. The van der Waals surface area contributed by atoms with Crippen molar-refractivity contribution >= 4 is 22.6 Å². The van der Waals surface area contributed by atoms with Crippen LogP contribution in [0.2, 0.25) is 0 Å². The number of aliphatic hydroxyl groups is 1. The van der Waals surface area contributed by atoms with Crippen molar-refractivity contribution in [2.75, 3.05) is 11.9 Å². The highest BCUT2D eigenvalue weighted by Gasteiger charge is 2.14. The fraction of sp³-hybridized carbons (Fsp3) is 0.316. The highest BCUT2D eigenvalue weighted by atomic mass is 16.4. The van der Waals surface area contributed by atoms with Crippen LogP contribution in [0.4, 0.5) is 5.69 Å². The summed E-state index contributed by atoms with van der Waals surface area (Å²) in [4.78, 5) is 11.8. The van der Waals surface area contributed by atoms with Crippen molar-refractivity contribution < 1.29 is 14.3 Å². The van der Waals surface area contributed by atoms with Crippen molar-refractivity contribution in [1.82, 2.24) is 5.32 Å². The number of furan rings is 1. The van der Waals surface area contributed by atoms with Gasteiger partial charge in [0, 0.05) is 29.7 Å². The minimum Gasteiger partial charge on any atom is -0.458 e. The van der Waals surface area contributed by atoms with Gasteiger partial charge >= 0.3 is 0 Å². The summed E-state index contributed by atoms with van der Waals surface area (Å²) in [6, 6.07) is 7.48. The summed E-state index contributed by atoms with van der Waals surface area (Å²) in [6.45, 7) is 6.35. The molecule has 0 aliphatic carbocycles. The number of rotatable bonds is 7. The minimum absolute atomic E-state index is 0.197. The third-order valence-electron chi connectivity index (χ3n) is 3.40. The molecule has 5 nitrogen and oxygen atoms in total. The second-order valence-electron chi connectivity index (χ2n) is 5.85. The number of hydrogen-bond donors (Lipinski definition) is 3. The van der Waals surface area contributed by atoms with Gasteiger partial charge in [0.05, 0.1) is 0 Å². The van der Waals surface area contributed by atoms with E-state index in [0.29, 0.717) is 29.6 Å². The summed E-state index contributed by atoms with van der Waals surface area (Å²) in [5.74, 6) is 0.312. The van der Waals surface area contributed by atoms with E-state index < -0.39 is 6.10 Å². The molecule has 1 heterocycles. The molecule has 24 heavy (non-hydrogen) atoms. The predicted molar refractivity (Wildman–Crippen MR) is 96.9 cm³/mol. The Morgan fingerprint density at radius 2 is 2.08 bits per heavy atom. The molecule has 0 aliphatic rings. The Kier molecular flexibility index (Phi) is 6.35. The van der Waals surface area contributed by atoms with E-state index in [1.165, 1.54) is 6.08 Å². The molecule has 1 aromatic carbocycles. The first kappa shape index (κ1) is 18.0. The zero-order valence-corrected chi connectivity index (χ0v) is 14.2. The van der Waals surface area contributed by atoms with Crippen LogP contribution in [0.25, 0.3) is 11.0 Å². The normalized spacial score (nSPS) is 13.4. The molecular formula is C19H24N2O3. The lowest BCUT2D eigenvalue weighted by Gasteiger charge is -2.11. The molecule has 2 rings (SSSR count). The molecule has 128 valence electrons. The number of fused-ring (bicyclic) bond motifs is 1. The van der Waals surface area contributed by atoms with Gasteiger partial charge in [-0.2, -0.15) is 0 Å². The molecule has 2 aromatic rings. The lowest BCUT2D eigenvalue weighted by atomic mass is 10.2. The standard InChI is InChI=1S/C19H24N2O3/c1-4-5-6-7-19(23)21-15-8-9-17-14(10-15)11-18(24-17)16(22)12-20-13(2)3/h4-11,13,16,20,22H,12H2,1-3H3,(H,21,23). The number of anilines is 1. The Morgan fingerprint density at radius 3 is 2.79 bits per heavy atom. The number of carbonyl (C=O) groups is 1. The fourth-order valence-electron chi connectivity index (χ4n) is 2.19. The van der Waals surface area contributed by atoms with Crippen molar-refractivity contribution in [3.8, 4) is 0 Å². The van der Waals surface area contributed by atoms with E-state index in [-0.39, 0.29) is 5.91 Å². The molecule has 0 radical (unpaired) electrons. The summed E-state index contributed by atoms with van der Waals surface area (Å²) in [7, 11) is 0. The quantitative estimate of drug-likeness (QED) is 0.537. The van der Waals surface area contributed by atoms with Gasteiger partial charge in [-0.05, 0) is 31.2 Å². The van der Waals surface area contributed by atoms with E-state index in [1.807, 2.05) is 32.9 Å². The maximum Gasteiger partial charge on any atom is 0.248 e. The maximum atomic E-state index is 11.8. The SMILES string of the molecule is CC=CC=CC(=O)Nc1ccc2oc(C(O)CNC(C)C)cc2c1. The Labute approximate surface area is 142 Å². The number of allylic oxidation sites excluding steroid dienone is 3. The van der Waals surface area contributed by atoms with Gasteiger partial charge in [0.1, 0.15) is 17.4 Å². The molecule has 1 aromatic heterocycles. The average Bonchev–Trinajstić information content (AvgIpc) is 2.96. The van der Waals surface area contributed by atoms with Gasteiger partial charge in [0.2, 0.25) is 5.91 Å². The maximum absolute atomic E-state index is 11.8. The number of hydrogen-bond acceptors (Lipinski definition) is 4. The molecule has 3 N–H and O–H groups in total.